The van der Waals surface area contributed by atoms with Gasteiger partial charge in [-0.1, -0.05) is 0 Å². The number of aromatic amines is 3. The summed E-state index contributed by atoms with van der Waals surface area (Å²) in [7, 11) is 5.37. The highest BCUT2D eigenvalue weighted by molar-refractivity contribution is 7.99. The molecular formula is C60H80N6O3S3. The standard InChI is InChI=1S/C60H80N6O3S3/c1-67-52-6-9-58-55(24-52)42(27-61-58)19-49-5-4-14-64(49)31-40-17-47(37-71-35-40)46-23-51(21-44-29-63-60-11-8-54(69-3)26-57(44)60)66(34-46)32-41-18-48(38-72-36-41)45-22-50(65(33-45)30-39-12-15-70-16-13-39)20-43-28-62-59-10-7-53(68-2)25-56(43)59/h6-11,24-29,39-41,45-51,61-63H,4-5,12-23,30-38H2,1-3H3/t40?,41-,45?,46?,47?,48?,49+,50-,51-/m0/s1. The lowest BCUT2D eigenvalue weighted by molar-refractivity contribution is 0.174. The second-order valence-corrected chi connectivity index (χ2v) is 26.5. The van der Waals surface area contributed by atoms with Crippen LogP contribution in [0.25, 0.3) is 32.7 Å². The second-order valence-electron chi connectivity index (χ2n) is 23.1. The Kier molecular flexibility index (Phi) is 15.4. The number of nitrogens with zero attached hydrogens (tertiary/aromatic N) is 3. The Morgan fingerprint density at radius 3 is 1.39 bits per heavy atom. The number of fused-ring (bicyclic) bond motifs is 3. The van der Waals surface area contributed by atoms with Crippen LogP contribution in [0.3, 0.4) is 0 Å². The van der Waals surface area contributed by atoms with Crippen LogP contribution < -0.4 is 14.2 Å². The molecule has 0 bridgehead atoms. The molecule has 3 N–H and O–H groups in total. The summed E-state index contributed by atoms with van der Waals surface area (Å²) in [6.45, 7) is 7.60. The molecule has 6 aliphatic rings. The first kappa shape index (κ1) is 49.5. The third kappa shape index (κ3) is 10.8. The van der Waals surface area contributed by atoms with E-state index in [0.717, 1.165) is 77.9 Å². The number of benzene rings is 3. The fourth-order valence-electron chi connectivity index (χ4n) is 14.8. The molecule has 12 heteroatoms. The highest BCUT2D eigenvalue weighted by atomic mass is 32.2. The Morgan fingerprint density at radius 2 is 0.917 bits per heavy atom. The van der Waals surface area contributed by atoms with Crippen molar-refractivity contribution in [3.05, 3.63) is 89.9 Å². The number of hydrogen-bond acceptors (Lipinski definition) is 9. The van der Waals surface area contributed by atoms with Gasteiger partial charge < -0.3 is 29.2 Å². The molecule has 6 fully saturated rings. The number of hydrogen-bond donors (Lipinski definition) is 3. The summed E-state index contributed by atoms with van der Waals surface area (Å²) in [6, 6.07) is 21.4. The van der Waals surface area contributed by atoms with Gasteiger partial charge in [0.25, 0.3) is 0 Å². The molecule has 6 aliphatic heterocycles. The molecule has 0 aliphatic carbocycles. The van der Waals surface area contributed by atoms with Gasteiger partial charge in [0.2, 0.25) is 0 Å². The van der Waals surface area contributed by atoms with Crippen LogP contribution in [0.4, 0.5) is 0 Å². The Labute approximate surface area is 441 Å². The summed E-state index contributed by atoms with van der Waals surface area (Å²) in [5.74, 6) is 16.3. The number of rotatable bonds is 17. The van der Waals surface area contributed by atoms with Gasteiger partial charge in [-0.05, 0) is 224 Å². The van der Waals surface area contributed by atoms with Gasteiger partial charge >= 0.3 is 0 Å². The molecule has 6 saturated heterocycles. The molecule has 0 radical (unpaired) electrons. The van der Waals surface area contributed by atoms with Crippen molar-refractivity contribution < 1.29 is 14.2 Å². The van der Waals surface area contributed by atoms with Gasteiger partial charge in [0.05, 0.1) is 21.3 Å². The van der Waals surface area contributed by atoms with Crippen molar-refractivity contribution in [3.63, 3.8) is 0 Å². The predicted octanol–water partition coefficient (Wildman–Crippen LogP) is 11.9. The monoisotopic (exact) mass is 1030 g/mol. The fraction of sp³-hybridized carbons (Fsp3) is 0.600. The van der Waals surface area contributed by atoms with Crippen molar-refractivity contribution in [1.29, 1.82) is 0 Å². The number of likely N-dealkylation sites (tertiary alicyclic amines) is 3. The van der Waals surface area contributed by atoms with Gasteiger partial charge in [0.15, 0.2) is 0 Å². The van der Waals surface area contributed by atoms with Crippen LogP contribution in [0, 0.1) is 41.4 Å². The minimum absolute atomic E-state index is 0.573. The van der Waals surface area contributed by atoms with Gasteiger partial charge in [0, 0.05) is 102 Å². The molecule has 9 atom stereocenters. The number of aromatic nitrogens is 3. The minimum atomic E-state index is 0.573. The van der Waals surface area contributed by atoms with Gasteiger partial charge in [-0.25, -0.2) is 0 Å². The van der Waals surface area contributed by atoms with Gasteiger partial charge in [-0.3, -0.25) is 14.7 Å². The average Bonchev–Trinajstić information content (AvgIpc) is 4.31. The van der Waals surface area contributed by atoms with E-state index >= 15 is 0 Å². The molecule has 0 spiro atoms. The zero-order valence-corrected chi connectivity index (χ0v) is 45.7. The summed E-state index contributed by atoms with van der Waals surface area (Å²) < 4.78 is 17.1. The van der Waals surface area contributed by atoms with Crippen LogP contribution in [0.1, 0.15) is 68.1 Å². The fourth-order valence-corrected chi connectivity index (χ4v) is 18.9. The van der Waals surface area contributed by atoms with Crippen LogP contribution in [-0.2, 0) is 19.3 Å². The molecule has 3 aromatic carbocycles. The van der Waals surface area contributed by atoms with E-state index in [1.807, 2.05) is 0 Å². The van der Waals surface area contributed by atoms with Crippen LogP contribution in [0.15, 0.2) is 73.2 Å². The molecular weight excluding hydrogens is 949 g/mol. The summed E-state index contributed by atoms with van der Waals surface area (Å²) in [6.07, 6.45) is 21.1. The number of ether oxygens (including phenoxy) is 3. The van der Waals surface area contributed by atoms with Crippen molar-refractivity contribution in [2.75, 3.05) is 95.1 Å². The lowest BCUT2D eigenvalue weighted by Crippen LogP contribution is -2.40. The molecule has 386 valence electrons. The maximum Gasteiger partial charge on any atom is 0.119 e. The summed E-state index contributed by atoms with van der Waals surface area (Å²) in [5, 5.41) is 4.00. The quantitative estimate of drug-likeness (QED) is 0.0827. The molecule has 3 aromatic heterocycles. The highest BCUT2D eigenvalue weighted by Gasteiger charge is 2.43. The van der Waals surface area contributed by atoms with Crippen molar-refractivity contribution in [3.8, 4) is 17.2 Å². The Balaban J connectivity index is 0.732. The Morgan fingerprint density at radius 1 is 0.472 bits per heavy atom. The van der Waals surface area contributed by atoms with E-state index in [9.17, 15) is 0 Å². The molecule has 9 nitrogen and oxygen atoms in total. The number of H-pyrrole nitrogens is 3. The van der Waals surface area contributed by atoms with Gasteiger partial charge in [-0.15, -0.1) is 0 Å². The third-order valence-electron chi connectivity index (χ3n) is 18.7. The van der Waals surface area contributed by atoms with Crippen LogP contribution in [-0.4, -0.2) is 143 Å². The first-order valence-electron chi connectivity index (χ1n) is 27.8. The number of thioether (sulfide) groups is 3. The topological polar surface area (TPSA) is 84.8 Å². The first-order valence-corrected chi connectivity index (χ1v) is 31.3. The smallest absolute Gasteiger partial charge is 0.119 e. The van der Waals surface area contributed by atoms with E-state index in [0.29, 0.717) is 18.1 Å². The zero-order valence-electron chi connectivity index (χ0n) is 43.3. The van der Waals surface area contributed by atoms with Gasteiger partial charge in [0.1, 0.15) is 17.2 Å². The molecule has 12 rings (SSSR count). The van der Waals surface area contributed by atoms with E-state index in [1.54, 1.807) is 21.3 Å². The van der Waals surface area contributed by atoms with Crippen LogP contribution >= 0.6 is 35.3 Å². The van der Waals surface area contributed by atoms with Crippen LogP contribution in [0.5, 0.6) is 17.2 Å². The van der Waals surface area contributed by atoms with E-state index in [-0.39, 0.29) is 0 Å². The predicted molar refractivity (Wildman–Crippen MR) is 305 cm³/mol. The maximum absolute atomic E-state index is 5.76. The van der Waals surface area contributed by atoms with E-state index in [4.69, 9.17) is 14.2 Å². The second kappa shape index (κ2) is 22.4. The molecule has 0 amide bonds. The lowest BCUT2D eigenvalue weighted by Gasteiger charge is -2.37. The van der Waals surface area contributed by atoms with E-state index in [1.165, 1.54) is 175 Å². The molecule has 6 aromatic rings. The van der Waals surface area contributed by atoms with Crippen LogP contribution in [0.2, 0.25) is 0 Å². The lowest BCUT2D eigenvalue weighted by atomic mass is 9.83. The number of nitrogens with one attached hydrogen (secondary N) is 3. The van der Waals surface area contributed by atoms with Crippen molar-refractivity contribution >= 4 is 68.0 Å². The third-order valence-corrected chi connectivity index (χ3v) is 22.5. The molecule has 0 saturated carbocycles. The summed E-state index contributed by atoms with van der Waals surface area (Å²) in [4.78, 5) is 19.7. The van der Waals surface area contributed by atoms with Gasteiger partial charge in [-0.2, -0.15) is 35.3 Å². The normalized spacial score (nSPS) is 29.3. The molecule has 5 unspecified atom stereocenters. The SMILES string of the molecule is COc1ccc2[nH]cc(C[C@H]3CCCN3CC3CSCC(C4C[C@H](Cc5c[nH]c6ccc(OC)cc56)N(C[C@H]5CSCC(C6C[C@H](Cc7c[nH]c8ccc(OC)cc78)N(CC7CCSCC7)C6)C5)C4)C3)c2c1. The zero-order chi connectivity index (χ0) is 48.5. The molecule has 72 heavy (non-hydrogen) atoms. The Bertz CT molecular complexity index is 2750. The van der Waals surface area contributed by atoms with E-state index in [2.05, 4.69) is 138 Å². The molecule has 9 heterocycles. The van der Waals surface area contributed by atoms with E-state index < -0.39 is 0 Å². The first-order chi connectivity index (χ1) is 35.4. The minimum Gasteiger partial charge on any atom is -0.497 e. The highest BCUT2D eigenvalue weighted by Crippen LogP contribution is 2.45. The largest absolute Gasteiger partial charge is 0.497 e. The number of methoxy groups -OCH3 is 3. The summed E-state index contributed by atoms with van der Waals surface area (Å²) >= 11 is 6.73. The summed E-state index contributed by atoms with van der Waals surface area (Å²) in [5.41, 5.74) is 8.04. The average molecular weight is 1030 g/mol. The Hall–Kier alpha value is -3.39. The van der Waals surface area contributed by atoms with Crippen molar-refractivity contribution in [2.24, 2.45) is 41.4 Å². The van der Waals surface area contributed by atoms with Crippen molar-refractivity contribution in [2.45, 2.75) is 88.8 Å². The van der Waals surface area contributed by atoms with Crippen molar-refractivity contribution in [1.82, 2.24) is 29.7 Å². The maximum atomic E-state index is 5.76.